The molecule has 1 amide bonds. The van der Waals surface area contributed by atoms with Crippen molar-refractivity contribution in [1.82, 2.24) is 5.32 Å². The zero-order valence-corrected chi connectivity index (χ0v) is 18.0. The molecule has 0 spiro atoms. The van der Waals surface area contributed by atoms with Gasteiger partial charge in [0.05, 0.1) is 13.0 Å². The molecule has 0 saturated heterocycles. The highest BCUT2D eigenvalue weighted by Crippen LogP contribution is 2.09. The van der Waals surface area contributed by atoms with Crippen molar-refractivity contribution in [3.05, 3.63) is 0 Å². The molecule has 1 N–H and O–H groups in total. The summed E-state index contributed by atoms with van der Waals surface area (Å²) in [5, 5.41) is 2.73. The maximum atomic E-state index is 11.6. The maximum absolute atomic E-state index is 11.6. The minimum atomic E-state index is -0.276. The summed E-state index contributed by atoms with van der Waals surface area (Å²) in [6.45, 7) is 4.73. The molecule has 0 radical (unpaired) electrons. The van der Waals surface area contributed by atoms with Crippen molar-refractivity contribution in [3.8, 4) is 23.7 Å². The number of ether oxygens (including phenoxy) is 1. The van der Waals surface area contributed by atoms with E-state index in [1.807, 2.05) is 0 Å². The standard InChI is InChI=1S/C24H39NO3/c1-3-5-6-7-8-9-10-11-12-13-14-15-16-17-18-19-20-23(26)25-22-21-24(27)28-4-2/h3-12,17-22H2,1-2H3,(H,25,26). The lowest BCUT2D eigenvalue weighted by molar-refractivity contribution is -0.143. The van der Waals surface area contributed by atoms with Gasteiger partial charge in [-0.2, -0.15) is 0 Å². The number of nitrogens with one attached hydrogen (secondary N) is 1. The van der Waals surface area contributed by atoms with Gasteiger partial charge in [0.2, 0.25) is 5.91 Å². The van der Waals surface area contributed by atoms with E-state index < -0.39 is 0 Å². The van der Waals surface area contributed by atoms with Crippen molar-refractivity contribution in [2.45, 2.75) is 104 Å². The third-order valence-electron chi connectivity index (χ3n) is 4.31. The molecule has 0 aromatic rings. The van der Waals surface area contributed by atoms with Crippen LogP contribution in [0, 0.1) is 23.7 Å². The second-order valence-electron chi connectivity index (χ2n) is 6.94. The Morgan fingerprint density at radius 3 is 1.93 bits per heavy atom. The van der Waals surface area contributed by atoms with Crippen molar-refractivity contribution in [1.29, 1.82) is 0 Å². The predicted octanol–water partition coefficient (Wildman–Crippen LogP) is 5.15. The SMILES string of the molecule is CCCCCCCCCCC#CC#CCCCCC(=O)NCCC(=O)OCC. The van der Waals surface area contributed by atoms with Crippen molar-refractivity contribution < 1.29 is 14.3 Å². The molecule has 0 aromatic carbocycles. The molecule has 0 unspecified atom stereocenters. The first-order chi connectivity index (χ1) is 13.7. The molecule has 0 saturated carbocycles. The zero-order valence-electron chi connectivity index (χ0n) is 18.0. The van der Waals surface area contributed by atoms with Crippen LogP contribution in [0.2, 0.25) is 0 Å². The van der Waals surface area contributed by atoms with Crippen LogP contribution in [0.5, 0.6) is 0 Å². The molecule has 28 heavy (non-hydrogen) atoms. The van der Waals surface area contributed by atoms with Crippen molar-refractivity contribution in [3.63, 3.8) is 0 Å². The zero-order chi connectivity index (χ0) is 20.7. The van der Waals surface area contributed by atoms with Crippen LogP contribution in [0.25, 0.3) is 0 Å². The highest BCUT2D eigenvalue weighted by atomic mass is 16.5. The van der Waals surface area contributed by atoms with Crippen LogP contribution < -0.4 is 5.32 Å². The molecule has 4 nitrogen and oxygen atoms in total. The molecule has 158 valence electrons. The molecule has 0 aromatic heterocycles. The normalized spacial score (nSPS) is 9.64. The first kappa shape index (κ1) is 26.1. The first-order valence-corrected chi connectivity index (χ1v) is 11.1. The Labute approximate surface area is 172 Å². The van der Waals surface area contributed by atoms with Gasteiger partial charge in [0.1, 0.15) is 0 Å². The second-order valence-corrected chi connectivity index (χ2v) is 6.94. The molecular formula is C24H39NO3. The maximum Gasteiger partial charge on any atom is 0.307 e. The highest BCUT2D eigenvalue weighted by Gasteiger charge is 2.04. The number of esters is 1. The van der Waals surface area contributed by atoms with Crippen molar-refractivity contribution in [2.24, 2.45) is 0 Å². The Balaban J connectivity index is 3.45. The summed E-state index contributed by atoms with van der Waals surface area (Å²) in [6, 6.07) is 0. The fraction of sp³-hybridized carbons (Fsp3) is 0.750. The van der Waals surface area contributed by atoms with E-state index in [0.717, 1.165) is 25.7 Å². The van der Waals surface area contributed by atoms with Gasteiger partial charge in [-0.1, -0.05) is 63.7 Å². The summed E-state index contributed by atoms with van der Waals surface area (Å²) in [6.07, 6.45) is 14.7. The van der Waals surface area contributed by atoms with E-state index in [-0.39, 0.29) is 18.3 Å². The summed E-state index contributed by atoms with van der Waals surface area (Å²) in [5.41, 5.74) is 0. The number of carbonyl (C=O) groups is 2. The Morgan fingerprint density at radius 2 is 1.32 bits per heavy atom. The van der Waals surface area contributed by atoms with Crippen LogP contribution in [0.1, 0.15) is 104 Å². The molecule has 0 bridgehead atoms. The summed E-state index contributed by atoms with van der Waals surface area (Å²) in [4.78, 5) is 22.8. The molecule has 0 heterocycles. The number of rotatable bonds is 16. The highest BCUT2D eigenvalue weighted by molar-refractivity contribution is 5.76. The first-order valence-electron chi connectivity index (χ1n) is 11.1. The number of hydrogen-bond acceptors (Lipinski definition) is 3. The van der Waals surface area contributed by atoms with E-state index >= 15 is 0 Å². The number of unbranched alkanes of at least 4 members (excludes halogenated alkanes) is 10. The quantitative estimate of drug-likeness (QED) is 0.225. The van der Waals surface area contributed by atoms with E-state index in [1.54, 1.807) is 6.92 Å². The fourth-order valence-electron chi connectivity index (χ4n) is 2.69. The van der Waals surface area contributed by atoms with E-state index in [2.05, 4.69) is 35.9 Å². The molecule has 0 aliphatic heterocycles. The predicted molar refractivity (Wildman–Crippen MR) is 116 cm³/mol. The van der Waals surface area contributed by atoms with Gasteiger partial charge in [-0.3, -0.25) is 9.59 Å². The third kappa shape index (κ3) is 20.4. The van der Waals surface area contributed by atoms with E-state index in [1.165, 1.54) is 51.4 Å². The number of amides is 1. The van der Waals surface area contributed by atoms with Crippen LogP contribution in [-0.4, -0.2) is 25.0 Å². The average Bonchev–Trinajstić information content (AvgIpc) is 2.68. The van der Waals surface area contributed by atoms with Gasteiger partial charge in [0.15, 0.2) is 0 Å². The van der Waals surface area contributed by atoms with E-state index in [0.29, 0.717) is 19.6 Å². The van der Waals surface area contributed by atoms with Gasteiger partial charge >= 0.3 is 5.97 Å². The van der Waals surface area contributed by atoms with Crippen molar-refractivity contribution >= 4 is 11.9 Å². The fourth-order valence-corrected chi connectivity index (χ4v) is 2.69. The summed E-state index contributed by atoms with van der Waals surface area (Å²) in [5.74, 6) is 11.7. The van der Waals surface area contributed by atoms with Crippen LogP contribution in [0.4, 0.5) is 0 Å². The van der Waals surface area contributed by atoms with Gasteiger partial charge in [-0.15, -0.1) is 0 Å². The van der Waals surface area contributed by atoms with Gasteiger partial charge in [-0.05, 0) is 38.0 Å². The summed E-state index contributed by atoms with van der Waals surface area (Å²) < 4.78 is 4.80. The molecule has 0 atom stereocenters. The minimum absolute atomic E-state index is 0.0255. The van der Waals surface area contributed by atoms with Gasteiger partial charge in [0.25, 0.3) is 0 Å². The van der Waals surface area contributed by atoms with Crippen LogP contribution in [0.15, 0.2) is 0 Å². The number of carbonyl (C=O) groups excluding carboxylic acids is 2. The lowest BCUT2D eigenvalue weighted by Gasteiger charge is -2.04. The molecule has 0 rings (SSSR count). The van der Waals surface area contributed by atoms with Gasteiger partial charge in [0, 0.05) is 25.8 Å². The lowest BCUT2D eigenvalue weighted by Crippen LogP contribution is -2.26. The van der Waals surface area contributed by atoms with Crippen LogP contribution >= 0.6 is 0 Å². The topological polar surface area (TPSA) is 55.4 Å². The molecule has 0 aliphatic carbocycles. The molecule has 0 aliphatic rings. The van der Waals surface area contributed by atoms with E-state index in [9.17, 15) is 9.59 Å². The van der Waals surface area contributed by atoms with Gasteiger partial charge < -0.3 is 10.1 Å². The summed E-state index contributed by atoms with van der Waals surface area (Å²) >= 11 is 0. The Kier molecular flexibility index (Phi) is 19.9. The van der Waals surface area contributed by atoms with E-state index in [4.69, 9.17) is 4.74 Å². The van der Waals surface area contributed by atoms with Crippen LogP contribution in [-0.2, 0) is 14.3 Å². The average molecular weight is 390 g/mol. The summed E-state index contributed by atoms with van der Waals surface area (Å²) in [7, 11) is 0. The molecule has 0 fully saturated rings. The van der Waals surface area contributed by atoms with Crippen LogP contribution in [0.3, 0.4) is 0 Å². The smallest absolute Gasteiger partial charge is 0.307 e. The Morgan fingerprint density at radius 1 is 0.750 bits per heavy atom. The Hall–Kier alpha value is -1.94. The Bertz CT molecular complexity index is 519. The molecule has 4 heteroatoms. The third-order valence-corrected chi connectivity index (χ3v) is 4.31. The minimum Gasteiger partial charge on any atom is -0.466 e. The van der Waals surface area contributed by atoms with Crippen molar-refractivity contribution in [2.75, 3.05) is 13.2 Å². The largest absolute Gasteiger partial charge is 0.466 e. The number of hydrogen-bond donors (Lipinski definition) is 1. The monoisotopic (exact) mass is 389 g/mol. The molecular weight excluding hydrogens is 350 g/mol. The van der Waals surface area contributed by atoms with Gasteiger partial charge in [-0.25, -0.2) is 0 Å². The lowest BCUT2D eigenvalue weighted by atomic mass is 10.1. The second kappa shape index (κ2) is 21.4.